The van der Waals surface area contributed by atoms with E-state index >= 15 is 4.39 Å². The molecule has 1 aromatic carbocycles. The number of halogens is 3. The Labute approximate surface area is 203 Å². The summed E-state index contributed by atoms with van der Waals surface area (Å²) in [6, 6.07) is 9.17. The van der Waals surface area contributed by atoms with Gasteiger partial charge in [-0.1, -0.05) is 19.1 Å². The van der Waals surface area contributed by atoms with Crippen molar-refractivity contribution in [1.82, 2.24) is 10.3 Å². The lowest BCUT2D eigenvalue weighted by atomic mass is 10.1. The van der Waals surface area contributed by atoms with E-state index in [1.54, 1.807) is 6.07 Å². The lowest BCUT2D eigenvalue weighted by molar-refractivity contribution is -0.126. The van der Waals surface area contributed by atoms with Crippen molar-refractivity contribution in [3.63, 3.8) is 0 Å². The highest BCUT2D eigenvalue weighted by molar-refractivity contribution is 5.85. The Morgan fingerprint density at radius 2 is 1.89 bits per heavy atom. The van der Waals surface area contributed by atoms with Crippen molar-refractivity contribution in [2.75, 3.05) is 36.0 Å². The van der Waals surface area contributed by atoms with Crippen LogP contribution in [0.25, 0.3) is 0 Å². The standard InChI is InChI=1S/C26H31F3N4O2/c1-17(31-24(34)25(2)9-10-25)18-3-5-19(6-4-18)35-20-8-13-32(15-20)21-7-12-30-23(22(21)27)33-14-11-26(28,29)16-33/h3-7,12,17,20H,8-11,13-16H2,1-2H3,(H,31,34)/t17-,20?/m0/s1. The molecule has 2 aliphatic heterocycles. The number of hydrogen-bond donors (Lipinski definition) is 1. The average molecular weight is 489 g/mol. The fourth-order valence-corrected chi connectivity index (χ4v) is 4.74. The molecule has 0 bridgehead atoms. The summed E-state index contributed by atoms with van der Waals surface area (Å²) in [5, 5.41) is 3.08. The molecule has 1 aromatic heterocycles. The van der Waals surface area contributed by atoms with Gasteiger partial charge in [-0.05, 0) is 43.5 Å². The molecule has 3 heterocycles. The van der Waals surface area contributed by atoms with Gasteiger partial charge in [-0.2, -0.15) is 0 Å². The molecule has 35 heavy (non-hydrogen) atoms. The molecule has 1 amide bonds. The highest BCUT2D eigenvalue weighted by Crippen LogP contribution is 2.45. The zero-order chi connectivity index (χ0) is 24.8. The fourth-order valence-electron chi connectivity index (χ4n) is 4.74. The number of alkyl halides is 2. The first-order valence-electron chi connectivity index (χ1n) is 12.2. The van der Waals surface area contributed by atoms with Gasteiger partial charge in [0.05, 0.1) is 24.8 Å². The maximum atomic E-state index is 15.2. The summed E-state index contributed by atoms with van der Waals surface area (Å²) < 4.78 is 48.6. The smallest absolute Gasteiger partial charge is 0.266 e. The van der Waals surface area contributed by atoms with Crippen LogP contribution in [0.15, 0.2) is 36.5 Å². The van der Waals surface area contributed by atoms with Crippen LogP contribution < -0.4 is 19.9 Å². The summed E-state index contributed by atoms with van der Waals surface area (Å²) in [6.07, 6.45) is 3.65. The minimum absolute atomic E-state index is 0.0171. The molecule has 0 spiro atoms. The topological polar surface area (TPSA) is 57.7 Å². The summed E-state index contributed by atoms with van der Waals surface area (Å²) >= 11 is 0. The largest absolute Gasteiger partial charge is 0.489 e. The predicted molar refractivity (Wildman–Crippen MR) is 128 cm³/mol. The maximum Gasteiger partial charge on any atom is 0.266 e. The van der Waals surface area contributed by atoms with Crippen LogP contribution in [0.3, 0.4) is 0 Å². The number of amides is 1. The molecule has 2 aromatic rings. The minimum atomic E-state index is -2.81. The number of rotatable bonds is 7. The van der Waals surface area contributed by atoms with Crippen LogP contribution in [-0.4, -0.2) is 49.1 Å². The van der Waals surface area contributed by atoms with Gasteiger partial charge in [0, 0.05) is 37.5 Å². The number of nitrogens with one attached hydrogen (secondary N) is 1. The van der Waals surface area contributed by atoms with Crippen molar-refractivity contribution in [3.8, 4) is 5.75 Å². The Bertz CT molecular complexity index is 1090. The number of carbonyl (C=O) groups is 1. The van der Waals surface area contributed by atoms with Gasteiger partial charge in [0.2, 0.25) is 5.91 Å². The van der Waals surface area contributed by atoms with E-state index in [4.69, 9.17) is 4.74 Å². The normalized spacial score (nSPS) is 23.3. The third-order valence-corrected chi connectivity index (χ3v) is 7.38. The summed E-state index contributed by atoms with van der Waals surface area (Å²) in [5.41, 5.74) is 1.16. The van der Waals surface area contributed by atoms with Crippen molar-refractivity contribution in [1.29, 1.82) is 0 Å². The zero-order valence-electron chi connectivity index (χ0n) is 20.1. The monoisotopic (exact) mass is 488 g/mol. The molecule has 9 heteroatoms. The number of pyridine rings is 1. The van der Waals surface area contributed by atoms with Gasteiger partial charge in [-0.15, -0.1) is 0 Å². The molecule has 5 rings (SSSR count). The zero-order valence-corrected chi connectivity index (χ0v) is 20.1. The molecular formula is C26H31F3N4O2. The van der Waals surface area contributed by atoms with Gasteiger partial charge in [0.1, 0.15) is 11.9 Å². The van der Waals surface area contributed by atoms with Crippen molar-refractivity contribution < 1.29 is 22.7 Å². The van der Waals surface area contributed by atoms with Crippen LogP contribution in [0.4, 0.5) is 24.7 Å². The van der Waals surface area contributed by atoms with Crippen molar-refractivity contribution in [2.45, 2.75) is 57.6 Å². The molecule has 1 unspecified atom stereocenters. The van der Waals surface area contributed by atoms with Gasteiger partial charge in [0.25, 0.3) is 5.92 Å². The lowest BCUT2D eigenvalue weighted by Gasteiger charge is -2.23. The molecule has 3 fully saturated rings. The van der Waals surface area contributed by atoms with E-state index in [9.17, 15) is 13.6 Å². The number of anilines is 2. The Morgan fingerprint density at radius 1 is 1.14 bits per heavy atom. The number of aromatic nitrogens is 1. The Hall–Kier alpha value is -2.97. The van der Waals surface area contributed by atoms with E-state index in [1.165, 1.54) is 11.1 Å². The van der Waals surface area contributed by atoms with Crippen molar-refractivity contribution in [3.05, 3.63) is 47.9 Å². The minimum Gasteiger partial charge on any atom is -0.489 e. The first-order valence-corrected chi connectivity index (χ1v) is 12.2. The molecule has 2 saturated heterocycles. The highest BCUT2D eigenvalue weighted by Gasteiger charge is 2.45. The van der Waals surface area contributed by atoms with Gasteiger partial charge in [0.15, 0.2) is 11.6 Å². The fraction of sp³-hybridized carbons (Fsp3) is 0.538. The molecule has 0 radical (unpaired) electrons. The molecule has 1 N–H and O–H groups in total. The second-order valence-electron chi connectivity index (χ2n) is 10.3. The lowest BCUT2D eigenvalue weighted by Crippen LogP contribution is -2.32. The van der Waals surface area contributed by atoms with Gasteiger partial charge in [-0.25, -0.2) is 18.2 Å². The maximum absolute atomic E-state index is 15.2. The average Bonchev–Trinajstić information content (AvgIpc) is 3.24. The van der Waals surface area contributed by atoms with Crippen LogP contribution in [-0.2, 0) is 4.79 Å². The molecule has 1 aliphatic carbocycles. The van der Waals surface area contributed by atoms with Gasteiger partial charge in [-0.3, -0.25) is 4.79 Å². The van der Waals surface area contributed by atoms with Crippen LogP contribution in [0.1, 0.15) is 51.1 Å². The summed E-state index contributed by atoms with van der Waals surface area (Å²) in [7, 11) is 0. The van der Waals surface area contributed by atoms with Gasteiger partial charge < -0.3 is 19.9 Å². The third kappa shape index (κ3) is 5.04. The van der Waals surface area contributed by atoms with E-state index in [2.05, 4.69) is 10.3 Å². The van der Waals surface area contributed by atoms with Crippen LogP contribution in [0.2, 0.25) is 0 Å². The summed E-state index contributed by atoms with van der Waals surface area (Å²) in [5.74, 6) is -2.59. The van der Waals surface area contributed by atoms with Crippen LogP contribution in [0.5, 0.6) is 5.75 Å². The summed E-state index contributed by atoms with van der Waals surface area (Å²) in [6.45, 7) is 4.62. The second kappa shape index (κ2) is 8.91. The van der Waals surface area contributed by atoms with E-state index in [-0.39, 0.29) is 42.3 Å². The van der Waals surface area contributed by atoms with Crippen molar-refractivity contribution >= 4 is 17.4 Å². The first kappa shape index (κ1) is 23.8. The highest BCUT2D eigenvalue weighted by atomic mass is 19.3. The number of ether oxygens (including phenoxy) is 1. The molecule has 6 nitrogen and oxygen atoms in total. The Morgan fingerprint density at radius 3 is 2.54 bits per heavy atom. The Balaban J connectivity index is 1.18. The number of hydrogen-bond acceptors (Lipinski definition) is 5. The second-order valence-corrected chi connectivity index (χ2v) is 10.3. The van der Waals surface area contributed by atoms with Gasteiger partial charge >= 0.3 is 0 Å². The molecule has 2 atom stereocenters. The van der Waals surface area contributed by atoms with Crippen molar-refractivity contribution in [2.24, 2.45) is 5.41 Å². The van der Waals surface area contributed by atoms with Crippen LogP contribution in [0, 0.1) is 11.2 Å². The molecule has 1 saturated carbocycles. The SMILES string of the molecule is C[C@H](NC(=O)C1(C)CC1)c1ccc(OC2CCN(c3ccnc(N4CCC(F)(F)C4)c3F)C2)cc1. The molecule has 188 valence electrons. The molecule has 3 aliphatic rings. The number of carbonyl (C=O) groups excluding carboxylic acids is 1. The predicted octanol–water partition coefficient (Wildman–Crippen LogP) is 4.70. The van der Waals surface area contributed by atoms with E-state index in [1.807, 2.05) is 43.0 Å². The van der Waals surface area contributed by atoms with Crippen LogP contribution >= 0.6 is 0 Å². The molecular weight excluding hydrogens is 457 g/mol. The quantitative estimate of drug-likeness (QED) is 0.612. The first-order chi connectivity index (χ1) is 16.6. The Kier molecular flexibility index (Phi) is 6.05. The summed E-state index contributed by atoms with van der Waals surface area (Å²) in [4.78, 5) is 19.5. The number of nitrogens with zero attached hydrogens (tertiary/aromatic N) is 3. The van der Waals surface area contributed by atoms with E-state index in [0.717, 1.165) is 18.4 Å². The third-order valence-electron chi connectivity index (χ3n) is 7.38. The number of benzene rings is 1. The van der Waals surface area contributed by atoms with E-state index in [0.29, 0.717) is 30.9 Å². The van der Waals surface area contributed by atoms with E-state index < -0.39 is 18.3 Å².